The number of nitrogens with two attached hydrogens (primary N) is 1. The second-order valence-corrected chi connectivity index (χ2v) is 5.32. The van der Waals surface area contributed by atoms with E-state index in [4.69, 9.17) is 15.2 Å². The van der Waals surface area contributed by atoms with E-state index >= 15 is 0 Å². The molecule has 0 spiro atoms. The van der Waals surface area contributed by atoms with Gasteiger partial charge in [0, 0.05) is 13.1 Å². The molecular formula is C14H28IN3O2. The van der Waals surface area contributed by atoms with Crippen LogP contribution in [0.5, 0.6) is 0 Å². The van der Waals surface area contributed by atoms with Crippen LogP contribution in [0.15, 0.2) is 4.99 Å². The van der Waals surface area contributed by atoms with Gasteiger partial charge in [-0.25, -0.2) is 0 Å². The Kier molecular flexibility index (Phi) is 9.54. The molecule has 1 aliphatic carbocycles. The fraction of sp³-hybridized carbons (Fsp3) is 0.929. The van der Waals surface area contributed by atoms with Gasteiger partial charge in [0.2, 0.25) is 0 Å². The molecule has 0 bridgehead atoms. The molecule has 1 heterocycles. The molecule has 2 rings (SSSR count). The number of hydrogen-bond donors (Lipinski definition) is 1. The van der Waals surface area contributed by atoms with Crippen molar-refractivity contribution >= 4 is 29.9 Å². The van der Waals surface area contributed by atoms with E-state index in [1.54, 1.807) is 0 Å². The fourth-order valence-corrected chi connectivity index (χ4v) is 2.68. The van der Waals surface area contributed by atoms with E-state index in [1.807, 2.05) is 0 Å². The minimum atomic E-state index is 0. The number of halogens is 1. The van der Waals surface area contributed by atoms with Crippen molar-refractivity contribution in [3.8, 4) is 0 Å². The van der Waals surface area contributed by atoms with Crippen LogP contribution in [-0.4, -0.2) is 56.4 Å². The average molecular weight is 397 g/mol. The molecular weight excluding hydrogens is 369 g/mol. The van der Waals surface area contributed by atoms with Crippen molar-refractivity contribution in [3.05, 3.63) is 0 Å². The Bertz CT molecular complexity index is 276. The molecule has 5 nitrogen and oxygen atoms in total. The molecule has 2 aliphatic rings. The normalized spacial score (nSPS) is 22.2. The summed E-state index contributed by atoms with van der Waals surface area (Å²) in [6.45, 7) is 4.54. The third-order valence-corrected chi connectivity index (χ3v) is 3.86. The lowest BCUT2D eigenvalue weighted by Crippen LogP contribution is -2.45. The largest absolute Gasteiger partial charge is 0.378 e. The smallest absolute Gasteiger partial charge is 0.191 e. The standard InChI is InChI=1S/C14H27N3O2.HI/c15-14(17-8-11-18-12-9-17)16-7-10-19-13-5-3-1-2-4-6-13;/h13H,1-12H2,(H2,15,16);1H. The zero-order valence-electron chi connectivity index (χ0n) is 12.3. The molecule has 0 aromatic rings. The van der Waals surface area contributed by atoms with Crippen molar-refractivity contribution in [2.45, 2.75) is 44.6 Å². The highest BCUT2D eigenvalue weighted by atomic mass is 127. The van der Waals surface area contributed by atoms with E-state index in [9.17, 15) is 0 Å². The van der Waals surface area contributed by atoms with Crippen LogP contribution < -0.4 is 5.73 Å². The molecule has 0 atom stereocenters. The molecule has 0 radical (unpaired) electrons. The molecule has 0 unspecified atom stereocenters. The van der Waals surface area contributed by atoms with Gasteiger partial charge in [0.15, 0.2) is 5.96 Å². The summed E-state index contributed by atoms with van der Waals surface area (Å²) >= 11 is 0. The van der Waals surface area contributed by atoms with Crippen LogP contribution in [-0.2, 0) is 9.47 Å². The molecule has 1 saturated heterocycles. The van der Waals surface area contributed by atoms with E-state index in [0.717, 1.165) is 26.3 Å². The molecule has 2 fully saturated rings. The van der Waals surface area contributed by atoms with Gasteiger partial charge in [-0.3, -0.25) is 4.99 Å². The lowest BCUT2D eigenvalue weighted by Gasteiger charge is -2.27. The van der Waals surface area contributed by atoms with Crippen molar-refractivity contribution in [2.75, 3.05) is 39.5 Å². The first kappa shape index (κ1) is 18.0. The third-order valence-electron chi connectivity index (χ3n) is 3.86. The number of aliphatic imine (C=N–C) groups is 1. The zero-order chi connectivity index (χ0) is 13.3. The number of rotatable bonds is 4. The Morgan fingerprint density at radius 1 is 1.15 bits per heavy atom. The third kappa shape index (κ3) is 6.58. The summed E-state index contributed by atoms with van der Waals surface area (Å²) in [5.74, 6) is 0.632. The van der Waals surface area contributed by atoms with Gasteiger partial charge in [0.1, 0.15) is 0 Å². The van der Waals surface area contributed by atoms with Gasteiger partial charge in [-0.05, 0) is 12.8 Å². The first-order valence-electron chi connectivity index (χ1n) is 7.60. The number of nitrogens with zero attached hydrogens (tertiary/aromatic N) is 2. The maximum atomic E-state index is 5.96. The Balaban J connectivity index is 0.00000200. The van der Waals surface area contributed by atoms with Crippen molar-refractivity contribution < 1.29 is 9.47 Å². The summed E-state index contributed by atoms with van der Waals surface area (Å²) in [6.07, 6.45) is 8.21. The monoisotopic (exact) mass is 397 g/mol. The predicted molar refractivity (Wildman–Crippen MR) is 91.7 cm³/mol. The quantitative estimate of drug-likeness (QED) is 0.259. The van der Waals surface area contributed by atoms with Crippen molar-refractivity contribution in [2.24, 2.45) is 10.7 Å². The van der Waals surface area contributed by atoms with Crippen LogP contribution in [0.4, 0.5) is 0 Å². The van der Waals surface area contributed by atoms with E-state index < -0.39 is 0 Å². The van der Waals surface area contributed by atoms with Crippen LogP contribution >= 0.6 is 24.0 Å². The predicted octanol–water partition coefficient (Wildman–Crippen LogP) is 1.99. The van der Waals surface area contributed by atoms with Gasteiger partial charge >= 0.3 is 0 Å². The summed E-state index contributed by atoms with van der Waals surface area (Å²) in [5.41, 5.74) is 5.96. The highest BCUT2D eigenvalue weighted by Gasteiger charge is 2.13. The lowest BCUT2D eigenvalue weighted by atomic mass is 10.1. The molecule has 0 aromatic carbocycles. The number of hydrogen-bond acceptors (Lipinski definition) is 3. The molecule has 20 heavy (non-hydrogen) atoms. The van der Waals surface area contributed by atoms with E-state index in [2.05, 4.69) is 9.89 Å². The van der Waals surface area contributed by atoms with Gasteiger partial charge in [-0.15, -0.1) is 24.0 Å². The second kappa shape index (κ2) is 10.6. The first-order valence-corrected chi connectivity index (χ1v) is 7.60. The van der Waals surface area contributed by atoms with Crippen molar-refractivity contribution in [1.29, 1.82) is 0 Å². The summed E-state index contributed by atoms with van der Waals surface area (Å²) < 4.78 is 11.2. The molecule has 118 valence electrons. The van der Waals surface area contributed by atoms with E-state index in [0.29, 0.717) is 25.2 Å². The highest BCUT2D eigenvalue weighted by Crippen LogP contribution is 2.19. The zero-order valence-corrected chi connectivity index (χ0v) is 14.6. The van der Waals surface area contributed by atoms with Gasteiger partial charge in [-0.2, -0.15) is 0 Å². The van der Waals surface area contributed by atoms with Crippen molar-refractivity contribution in [1.82, 2.24) is 4.90 Å². The molecule has 2 N–H and O–H groups in total. The van der Waals surface area contributed by atoms with Crippen LogP contribution in [0, 0.1) is 0 Å². The minimum Gasteiger partial charge on any atom is -0.378 e. The van der Waals surface area contributed by atoms with Crippen LogP contribution in [0.25, 0.3) is 0 Å². The Hall–Kier alpha value is -0.0800. The topological polar surface area (TPSA) is 60.1 Å². The van der Waals surface area contributed by atoms with Gasteiger partial charge < -0.3 is 20.1 Å². The lowest BCUT2D eigenvalue weighted by molar-refractivity contribution is 0.0481. The molecule has 1 aliphatic heterocycles. The van der Waals surface area contributed by atoms with Crippen molar-refractivity contribution in [3.63, 3.8) is 0 Å². The summed E-state index contributed by atoms with van der Waals surface area (Å²) in [4.78, 5) is 6.47. The summed E-state index contributed by atoms with van der Waals surface area (Å²) in [7, 11) is 0. The Morgan fingerprint density at radius 2 is 1.80 bits per heavy atom. The van der Waals surface area contributed by atoms with E-state index in [1.165, 1.54) is 38.5 Å². The maximum absolute atomic E-state index is 5.96. The average Bonchev–Trinajstić information content (AvgIpc) is 2.73. The number of morpholine rings is 1. The first-order chi connectivity index (χ1) is 9.36. The summed E-state index contributed by atoms with van der Waals surface area (Å²) in [6, 6.07) is 0. The Morgan fingerprint density at radius 3 is 2.45 bits per heavy atom. The Labute approximate surface area is 139 Å². The van der Waals surface area contributed by atoms with Crippen LogP contribution in [0.2, 0.25) is 0 Å². The van der Waals surface area contributed by atoms with Gasteiger partial charge in [-0.1, -0.05) is 25.7 Å². The SMILES string of the molecule is I.NC(=NCCOC1CCCCCC1)N1CCOCC1. The second-order valence-electron chi connectivity index (χ2n) is 5.32. The van der Waals surface area contributed by atoms with Crippen LogP contribution in [0.1, 0.15) is 38.5 Å². The molecule has 1 saturated carbocycles. The minimum absolute atomic E-state index is 0. The molecule has 0 amide bonds. The molecule has 6 heteroatoms. The fourth-order valence-electron chi connectivity index (χ4n) is 2.68. The molecule has 0 aromatic heterocycles. The number of ether oxygens (including phenoxy) is 2. The number of guanidine groups is 1. The van der Waals surface area contributed by atoms with Gasteiger partial charge in [0.25, 0.3) is 0 Å². The van der Waals surface area contributed by atoms with Crippen LogP contribution in [0.3, 0.4) is 0 Å². The van der Waals surface area contributed by atoms with E-state index in [-0.39, 0.29) is 24.0 Å². The van der Waals surface area contributed by atoms with Gasteiger partial charge in [0.05, 0.1) is 32.5 Å². The highest BCUT2D eigenvalue weighted by molar-refractivity contribution is 14.0. The maximum Gasteiger partial charge on any atom is 0.191 e. The summed E-state index contributed by atoms with van der Waals surface area (Å²) in [5, 5.41) is 0.